The maximum atomic E-state index is 12.9. The second kappa shape index (κ2) is 7.22. The summed E-state index contributed by atoms with van der Waals surface area (Å²) in [5.74, 6) is -0.648. The molecule has 0 amide bonds. The van der Waals surface area contributed by atoms with Crippen LogP contribution in [0.25, 0.3) is 0 Å². The second-order valence-electron chi connectivity index (χ2n) is 6.01. The summed E-state index contributed by atoms with van der Waals surface area (Å²) < 4.78 is 54.1. The van der Waals surface area contributed by atoms with E-state index in [2.05, 4.69) is 5.32 Å². The van der Waals surface area contributed by atoms with Gasteiger partial charge < -0.3 is 10.1 Å². The zero-order valence-electron chi connectivity index (χ0n) is 12.4. The molecule has 0 saturated heterocycles. The minimum Gasteiger partial charge on any atom is -0.371 e. The fourth-order valence-corrected chi connectivity index (χ4v) is 1.75. The highest BCUT2D eigenvalue weighted by molar-refractivity contribution is 5.21. The normalized spacial score (nSPS) is 14.2. The highest BCUT2D eigenvalue weighted by Gasteiger charge is 2.28. The van der Waals surface area contributed by atoms with Crippen molar-refractivity contribution in [3.63, 3.8) is 0 Å². The fraction of sp³-hybridized carbons (Fsp3) is 0.600. The van der Waals surface area contributed by atoms with Gasteiger partial charge in [-0.15, -0.1) is 0 Å². The maximum Gasteiger partial charge on any atom is 0.411 e. The highest BCUT2D eigenvalue weighted by Crippen LogP contribution is 2.20. The number of ether oxygens (including phenoxy) is 1. The van der Waals surface area contributed by atoms with E-state index in [1.54, 1.807) is 12.1 Å². The maximum absolute atomic E-state index is 12.9. The predicted molar refractivity (Wildman–Crippen MR) is 73.8 cm³/mol. The van der Waals surface area contributed by atoms with Crippen molar-refractivity contribution in [2.45, 2.75) is 38.4 Å². The summed E-state index contributed by atoms with van der Waals surface area (Å²) in [5.41, 5.74) is 0.581. The third-order valence-electron chi connectivity index (χ3n) is 2.80. The lowest BCUT2D eigenvalue weighted by Crippen LogP contribution is -2.39. The lowest BCUT2D eigenvalue weighted by atomic mass is 9.98. The second-order valence-corrected chi connectivity index (χ2v) is 6.01. The number of alkyl halides is 3. The molecule has 2 nitrogen and oxygen atoms in total. The molecule has 21 heavy (non-hydrogen) atoms. The third kappa shape index (κ3) is 8.02. The van der Waals surface area contributed by atoms with E-state index in [1.165, 1.54) is 12.1 Å². The van der Waals surface area contributed by atoms with Gasteiger partial charge in [0.15, 0.2) is 0 Å². The Bertz CT molecular complexity index is 423. The molecule has 1 rings (SSSR count). The number of rotatable bonds is 6. The molecule has 0 aliphatic heterocycles. The zero-order chi connectivity index (χ0) is 16.1. The first-order chi connectivity index (χ1) is 9.57. The van der Waals surface area contributed by atoms with Crippen LogP contribution in [0.15, 0.2) is 24.3 Å². The van der Waals surface area contributed by atoms with E-state index < -0.39 is 12.8 Å². The van der Waals surface area contributed by atoms with E-state index >= 15 is 0 Å². The molecule has 6 heteroatoms. The minimum absolute atomic E-state index is 0.0752. The Balaban J connectivity index is 2.67. The standard InChI is InChI=1S/C15H21F4NO/c1-14(2,3)20-8-12(9-21-10-15(17,18)19)11-4-6-13(16)7-5-11/h4-7,12,20H,8-10H2,1-3H3. The van der Waals surface area contributed by atoms with Crippen molar-refractivity contribution in [3.05, 3.63) is 35.6 Å². The monoisotopic (exact) mass is 307 g/mol. The summed E-state index contributed by atoms with van der Waals surface area (Å²) in [4.78, 5) is 0. The van der Waals surface area contributed by atoms with Gasteiger partial charge in [0.2, 0.25) is 0 Å². The highest BCUT2D eigenvalue weighted by atomic mass is 19.4. The van der Waals surface area contributed by atoms with Crippen molar-refractivity contribution in [3.8, 4) is 0 Å². The first kappa shape index (κ1) is 17.9. The van der Waals surface area contributed by atoms with Gasteiger partial charge in [0.05, 0.1) is 6.61 Å². The molecular formula is C15H21F4NO. The molecule has 0 radical (unpaired) electrons. The van der Waals surface area contributed by atoms with Crippen LogP contribution in [0.2, 0.25) is 0 Å². The summed E-state index contributed by atoms with van der Waals surface area (Å²) in [6.07, 6.45) is -4.34. The molecule has 1 unspecified atom stereocenters. The zero-order valence-corrected chi connectivity index (χ0v) is 12.4. The molecule has 1 atom stereocenters. The van der Waals surface area contributed by atoms with Gasteiger partial charge in [0.25, 0.3) is 0 Å². The summed E-state index contributed by atoms with van der Waals surface area (Å²) in [6, 6.07) is 5.73. The van der Waals surface area contributed by atoms with E-state index in [4.69, 9.17) is 4.74 Å². The first-order valence-electron chi connectivity index (χ1n) is 6.72. The van der Waals surface area contributed by atoms with E-state index in [-0.39, 0.29) is 23.9 Å². The summed E-state index contributed by atoms with van der Waals surface area (Å²) >= 11 is 0. The van der Waals surface area contributed by atoms with Gasteiger partial charge in [-0.1, -0.05) is 12.1 Å². The van der Waals surface area contributed by atoms with Crippen LogP contribution in [0.3, 0.4) is 0 Å². The summed E-state index contributed by atoms with van der Waals surface area (Å²) in [7, 11) is 0. The van der Waals surface area contributed by atoms with Crippen LogP contribution >= 0.6 is 0 Å². The Morgan fingerprint density at radius 1 is 1.10 bits per heavy atom. The predicted octanol–water partition coefficient (Wildman–Crippen LogP) is 3.88. The first-order valence-corrected chi connectivity index (χ1v) is 6.72. The fourth-order valence-electron chi connectivity index (χ4n) is 1.75. The lowest BCUT2D eigenvalue weighted by Gasteiger charge is -2.25. The van der Waals surface area contributed by atoms with Gasteiger partial charge in [-0.2, -0.15) is 13.2 Å². The van der Waals surface area contributed by atoms with Crippen molar-refractivity contribution in [2.24, 2.45) is 0 Å². The molecular weight excluding hydrogens is 286 g/mol. The largest absolute Gasteiger partial charge is 0.411 e. The lowest BCUT2D eigenvalue weighted by molar-refractivity contribution is -0.174. The smallest absolute Gasteiger partial charge is 0.371 e. The van der Waals surface area contributed by atoms with Crippen LogP contribution in [0.4, 0.5) is 17.6 Å². The van der Waals surface area contributed by atoms with Gasteiger partial charge in [-0.05, 0) is 38.5 Å². The molecule has 0 aliphatic rings. The Morgan fingerprint density at radius 3 is 2.14 bits per heavy atom. The molecule has 0 aliphatic carbocycles. The summed E-state index contributed by atoms with van der Waals surface area (Å²) in [6.45, 7) is 4.99. The number of benzene rings is 1. The van der Waals surface area contributed by atoms with Gasteiger partial charge >= 0.3 is 6.18 Å². The molecule has 1 aromatic carbocycles. The van der Waals surface area contributed by atoms with E-state index in [0.717, 1.165) is 5.56 Å². The van der Waals surface area contributed by atoms with Gasteiger partial charge in [0.1, 0.15) is 12.4 Å². The van der Waals surface area contributed by atoms with Gasteiger partial charge in [-0.25, -0.2) is 4.39 Å². The van der Waals surface area contributed by atoms with Crippen LogP contribution in [0, 0.1) is 5.82 Å². The van der Waals surface area contributed by atoms with Gasteiger partial charge in [-0.3, -0.25) is 0 Å². The van der Waals surface area contributed by atoms with E-state index in [0.29, 0.717) is 6.54 Å². The van der Waals surface area contributed by atoms with Crippen molar-refractivity contribution in [1.82, 2.24) is 5.32 Å². The van der Waals surface area contributed by atoms with E-state index in [9.17, 15) is 17.6 Å². The third-order valence-corrected chi connectivity index (χ3v) is 2.80. The van der Waals surface area contributed by atoms with Crippen LogP contribution < -0.4 is 5.32 Å². The number of hydrogen-bond acceptors (Lipinski definition) is 2. The average molecular weight is 307 g/mol. The molecule has 0 bridgehead atoms. The number of halogens is 4. The molecule has 120 valence electrons. The average Bonchev–Trinajstić information content (AvgIpc) is 2.32. The Hall–Kier alpha value is -1.14. The molecule has 0 fully saturated rings. The molecule has 1 N–H and O–H groups in total. The molecule has 1 aromatic rings. The molecule has 0 spiro atoms. The van der Waals surface area contributed by atoms with Crippen molar-refractivity contribution in [1.29, 1.82) is 0 Å². The molecule has 0 saturated carbocycles. The minimum atomic E-state index is -4.34. The topological polar surface area (TPSA) is 21.3 Å². The van der Waals surface area contributed by atoms with E-state index in [1.807, 2.05) is 20.8 Å². The Kier molecular flexibility index (Phi) is 6.16. The van der Waals surface area contributed by atoms with Gasteiger partial charge in [0, 0.05) is 18.0 Å². The molecule has 0 heterocycles. The Morgan fingerprint density at radius 2 is 1.67 bits per heavy atom. The Labute approximate surface area is 122 Å². The van der Waals surface area contributed by atoms with Crippen LogP contribution in [-0.2, 0) is 4.74 Å². The van der Waals surface area contributed by atoms with Crippen LogP contribution in [0.5, 0.6) is 0 Å². The van der Waals surface area contributed by atoms with Crippen molar-refractivity contribution >= 4 is 0 Å². The van der Waals surface area contributed by atoms with Crippen molar-refractivity contribution < 1.29 is 22.3 Å². The number of hydrogen-bond donors (Lipinski definition) is 1. The van der Waals surface area contributed by atoms with Crippen molar-refractivity contribution in [2.75, 3.05) is 19.8 Å². The summed E-state index contributed by atoms with van der Waals surface area (Å²) in [5, 5.41) is 3.23. The number of nitrogens with one attached hydrogen (secondary N) is 1. The quantitative estimate of drug-likeness (QED) is 0.805. The SMILES string of the molecule is CC(C)(C)NCC(COCC(F)(F)F)c1ccc(F)cc1. The molecule has 0 aromatic heterocycles. The van der Waals surface area contributed by atoms with Crippen LogP contribution in [0.1, 0.15) is 32.3 Å². The van der Waals surface area contributed by atoms with Crippen LogP contribution in [-0.4, -0.2) is 31.5 Å².